The Labute approximate surface area is 201 Å². The first-order valence-corrected chi connectivity index (χ1v) is 12.1. The van der Waals surface area contributed by atoms with Gasteiger partial charge in [0.1, 0.15) is 5.75 Å². The van der Waals surface area contributed by atoms with Crippen LogP contribution in [0, 0.1) is 5.92 Å². The van der Waals surface area contributed by atoms with E-state index in [0.717, 1.165) is 30.6 Å². The molecule has 1 atom stereocenters. The van der Waals surface area contributed by atoms with Gasteiger partial charge in [-0.1, -0.05) is 31.2 Å². The van der Waals surface area contributed by atoms with E-state index in [0.29, 0.717) is 31.7 Å². The number of hydrogen-bond donors (Lipinski definition) is 1. The highest BCUT2D eigenvalue weighted by Crippen LogP contribution is 2.24. The maximum absolute atomic E-state index is 13.1. The number of likely N-dealkylation sites (tertiary alicyclic amines) is 2. The van der Waals surface area contributed by atoms with Crippen molar-refractivity contribution in [2.45, 2.75) is 45.2 Å². The third-order valence-electron chi connectivity index (χ3n) is 6.86. The Morgan fingerprint density at radius 1 is 1.00 bits per heavy atom. The highest BCUT2D eigenvalue weighted by molar-refractivity contribution is 5.94. The van der Waals surface area contributed by atoms with Crippen LogP contribution < -0.4 is 10.1 Å². The smallest absolute Gasteiger partial charge is 0.251 e. The molecule has 0 spiro atoms. The summed E-state index contributed by atoms with van der Waals surface area (Å²) in [7, 11) is 1.62. The zero-order chi connectivity index (χ0) is 24.1. The fourth-order valence-corrected chi connectivity index (χ4v) is 4.70. The summed E-state index contributed by atoms with van der Waals surface area (Å²) in [5, 5.41) is 3.10. The summed E-state index contributed by atoms with van der Waals surface area (Å²) in [6.07, 6.45) is 2.65. The van der Waals surface area contributed by atoms with Crippen molar-refractivity contribution < 1.29 is 19.1 Å². The number of aryl methyl sites for hydroxylation is 1. The van der Waals surface area contributed by atoms with E-state index >= 15 is 0 Å². The lowest BCUT2D eigenvalue weighted by Gasteiger charge is -2.33. The van der Waals surface area contributed by atoms with Crippen LogP contribution in [0.25, 0.3) is 0 Å². The number of benzene rings is 2. The van der Waals surface area contributed by atoms with E-state index in [4.69, 9.17) is 4.74 Å². The van der Waals surface area contributed by atoms with Crippen LogP contribution in [0.15, 0.2) is 48.5 Å². The van der Waals surface area contributed by atoms with Crippen LogP contribution in [-0.4, -0.2) is 60.3 Å². The lowest BCUT2D eigenvalue weighted by atomic mass is 10.0. The maximum atomic E-state index is 13.1. The average Bonchev–Trinajstić information content (AvgIpc) is 3.24. The van der Waals surface area contributed by atoms with Crippen LogP contribution in [0.3, 0.4) is 0 Å². The van der Waals surface area contributed by atoms with E-state index in [1.165, 1.54) is 5.56 Å². The summed E-state index contributed by atoms with van der Waals surface area (Å²) in [6.45, 7) is 4.24. The standard InChI is InChI=1S/C27H33N3O4/c1-3-19-4-8-21(9-5-19)26(32)28-23-12-14-29(15-13-23)27(33)22-16-25(31)30(18-22)17-20-6-10-24(34-2)11-7-20/h4-11,22-23H,3,12-18H2,1-2H3,(H,28,32)/t22-/m0/s1. The number of ether oxygens (including phenoxy) is 1. The number of methoxy groups -OCH3 is 1. The molecule has 0 bridgehead atoms. The molecule has 2 fully saturated rings. The van der Waals surface area contributed by atoms with Crippen LogP contribution in [0.5, 0.6) is 5.75 Å². The second kappa shape index (κ2) is 10.7. The first kappa shape index (κ1) is 23.8. The molecule has 2 saturated heterocycles. The highest BCUT2D eigenvalue weighted by atomic mass is 16.5. The van der Waals surface area contributed by atoms with E-state index in [9.17, 15) is 14.4 Å². The molecule has 7 heteroatoms. The van der Waals surface area contributed by atoms with Crippen LogP contribution >= 0.6 is 0 Å². The van der Waals surface area contributed by atoms with E-state index in [1.54, 1.807) is 12.0 Å². The number of amides is 3. The molecule has 1 N–H and O–H groups in total. The van der Waals surface area contributed by atoms with E-state index in [-0.39, 0.29) is 36.1 Å². The molecular formula is C27H33N3O4. The SMILES string of the molecule is CCc1ccc(C(=O)NC2CCN(C(=O)[C@H]3CC(=O)N(Cc4ccc(OC)cc4)C3)CC2)cc1. The van der Waals surface area contributed by atoms with Gasteiger partial charge in [-0.3, -0.25) is 14.4 Å². The summed E-state index contributed by atoms with van der Waals surface area (Å²) >= 11 is 0. The van der Waals surface area contributed by atoms with Crippen molar-refractivity contribution in [3.8, 4) is 5.75 Å². The number of carbonyl (C=O) groups excluding carboxylic acids is 3. The van der Waals surface area contributed by atoms with Gasteiger partial charge < -0.3 is 19.9 Å². The Hall–Kier alpha value is -3.35. The zero-order valence-electron chi connectivity index (χ0n) is 20.0. The van der Waals surface area contributed by atoms with Gasteiger partial charge in [0.25, 0.3) is 5.91 Å². The number of carbonyl (C=O) groups is 3. The molecule has 34 heavy (non-hydrogen) atoms. The summed E-state index contributed by atoms with van der Waals surface area (Å²) in [6, 6.07) is 15.4. The number of nitrogens with one attached hydrogen (secondary N) is 1. The van der Waals surface area contributed by atoms with Gasteiger partial charge in [0.05, 0.1) is 13.0 Å². The monoisotopic (exact) mass is 463 g/mol. The number of rotatable bonds is 7. The third-order valence-corrected chi connectivity index (χ3v) is 6.86. The van der Waals surface area contributed by atoms with Gasteiger partial charge >= 0.3 is 0 Å². The predicted octanol–water partition coefficient (Wildman–Crippen LogP) is 3.03. The highest BCUT2D eigenvalue weighted by Gasteiger charge is 2.37. The molecule has 3 amide bonds. The molecule has 180 valence electrons. The Balaban J connectivity index is 1.25. The molecule has 7 nitrogen and oxygen atoms in total. The first-order valence-electron chi connectivity index (χ1n) is 12.1. The Kier molecular flexibility index (Phi) is 7.50. The van der Waals surface area contributed by atoms with E-state index in [2.05, 4.69) is 12.2 Å². The molecule has 2 aliphatic rings. The van der Waals surface area contributed by atoms with Crippen molar-refractivity contribution in [2.75, 3.05) is 26.7 Å². The number of nitrogens with zero attached hydrogens (tertiary/aromatic N) is 2. The minimum absolute atomic E-state index is 0.0189. The summed E-state index contributed by atoms with van der Waals surface area (Å²) in [5.74, 6) is 0.478. The molecule has 0 aromatic heterocycles. The van der Waals surface area contributed by atoms with Crippen molar-refractivity contribution in [3.63, 3.8) is 0 Å². The Morgan fingerprint density at radius 2 is 1.65 bits per heavy atom. The Bertz CT molecular complexity index is 1010. The molecule has 0 saturated carbocycles. The summed E-state index contributed by atoms with van der Waals surface area (Å²) < 4.78 is 5.18. The van der Waals surface area contributed by atoms with Crippen molar-refractivity contribution in [1.29, 1.82) is 0 Å². The average molecular weight is 464 g/mol. The van der Waals surface area contributed by atoms with Crippen molar-refractivity contribution in [3.05, 3.63) is 65.2 Å². The third kappa shape index (κ3) is 5.58. The van der Waals surface area contributed by atoms with Gasteiger partial charge in [0.2, 0.25) is 11.8 Å². The molecule has 2 aliphatic heterocycles. The molecular weight excluding hydrogens is 430 g/mol. The zero-order valence-corrected chi connectivity index (χ0v) is 20.0. The quantitative estimate of drug-likeness (QED) is 0.685. The topological polar surface area (TPSA) is 79.0 Å². The molecule has 0 aliphatic carbocycles. The predicted molar refractivity (Wildman–Crippen MR) is 129 cm³/mol. The van der Waals surface area contributed by atoms with Crippen LogP contribution in [-0.2, 0) is 22.6 Å². The molecule has 2 aromatic rings. The lowest BCUT2D eigenvalue weighted by molar-refractivity contribution is -0.136. The Morgan fingerprint density at radius 3 is 2.26 bits per heavy atom. The van der Waals surface area contributed by atoms with Gasteiger partial charge in [0, 0.05) is 44.2 Å². The lowest BCUT2D eigenvalue weighted by Crippen LogP contribution is -2.48. The largest absolute Gasteiger partial charge is 0.497 e. The van der Waals surface area contributed by atoms with Gasteiger partial charge in [-0.15, -0.1) is 0 Å². The van der Waals surface area contributed by atoms with Crippen molar-refractivity contribution in [1.82, 2.24) is 15.1 Å². The molecule has 2 heterocycles. The van der Waals surface area contributed by atoms with Gasteiger partial charge in [-0.25, -0.2) is 0 Å². The van der Waals surface area contributed by atoms with Crippen LogP contribution in [0.2, 0.25) is 0 Å². The van der Waals surface area contributed by atoms with Gasteiger partial charge in [0.15, 0.2) is 0 Å². The van der Waals surface area contributed by atoms with Gasteiger partial charge in [-0.2, -0.15) is 0 Å². The maximum Gasteiger partial charge on any atom is 0.251 e. The second-order valence-electron chi connectivity index (χ2n) is 9.15. The molecule has 0 unspecified atom stereocenters. The van der Waals surface area contributed by atoms with Gasteiger partial charge in [-0.05, 0) is 54.7 Å². The molecule has 2 aromatic carbocycles. The molecule has 0 radical (unpaired) electrons. The normalized spacial score (nSPS) is 18.8. The summed E-state index contributed by atoms with van der Waals surface area (Å²) in [5.41, 5.74) is 2.89. The fraction of sp³-hybridized carbons (Fsp3) is 0.444. The van der Waals surface area contributed by atoms with E-state index < -0.39 is 0 Å². The van der Waals surface area contributed by atoms with Crippen molar-refractivity contribution in [2.24, 2.45) is 5.92 Å². The second-order valence-corrected chi connectivity index (χ2v) is 9.15. The number of piperidine rings is 1. The number of hydrogen-bond acceptors (Lipinski definition) is 4. The van der Waals surface area contributed by atoms with E-state index in [1.807, 2.05) is 53.4 Å². The van der Waals surface area contributed by atoms with Crippen molar-refractivity contribution >= 4 is 17.7 Å². The van der Waals surface area contributed by atoms with Crippen LogP contribution in [0.1, 0.15) is 47.7 Å². The fourth-order valence-electron chi connectivity index (χ4n) is 4.70. The van der Waals surface area contributed by atoms with Crippen LogP contribution in [0.4, 0.5) is 0 Å². The molecule has 4 rings (SSSR count). The summed E-state index contributed by atoms with van der Waals surface area (Å²) in [4.78, 5) is 41.8. The minimum atomic E-state index is -0.297. The minimum Gasteiger partial charge on any atom is -0.497 e. The first-order chi connectivity index (χ1) is 16.5.